The summed E-state index contributed by atoms with van der Waals surface area (Å²) in [5.41, 5.74) is 10.5. The number of likely N-dealkylation sites (tertiary alicyclic amines) is 4. The molecule has 3 aromatic heterocycles. The Bertz CT molecular complexity index is 6270. The first-order valence-corrected chi connectivity index (χ1v) is 48.7. The highest BCUT2D eigenvalue weighted by molar-refractivity contribution is 6.38. The maximum atomic E-state index is 14.5. The molecule has 3 amide bonds. The van der Waals surface area contributed by atoms with Crippen molar-refractivity contribution in [3.63, 3.8) is 0 Å². The van der Waals surface area contributed by atoms with Gasteiger partial charge in [-0.3, -0.25) is 29.1 Å². The van der Waals surface area contributed by atoms with Crippen LogP contribution in [0.3, 0.4) is 0 Å². The van der Waals surface area contributed by atoms with Crippen molar-refractivity contribution in [1.82, 2.24) is 64.2 Å². The average Bonchev–Trinajstić information content (AvgIpc) is 1.38. The fraction of sp³-hybridized carbons (Fsp3) is 0.471. The normalized spacial score (nSPS) is 23.0. The Hall–Kier alpha value is -11.9. The quantitative estimate of drug-likeness (QED) is 0.0456. The number of ether oxygens (including phenoxy) is 3. The number of anilines is 6. The Labute approximate surface area is 805 Å². The van der Waals surface area contributed by atoms with E-state index in [1.54, 1.807) is 15.9 Å². The number of allylic oxidation sites excluding steroid dienone is 1. The lowest BCUT2D eigenvalue weighted by molar-refractivity contribution is -0.131. The summed E-state index contributed by atoms with van der Waals surface area (Å²) in [5, 5.41) is 38.2. The van der Waals surface area contributed by atoms with Crippen LogP contribution in [0.15, 0.2) is 134 Å². The van der Waals surface area contributed by atoms with Gasteiger partial charge in [-0.15, -0.1) is 0 Å². The molecule has 10 aliphatic rings. The van der Waals surface area contributed by atoms with E-state index < -0.39 is 42.7 Å². The summed E-state index contributed by atoms with van der Waals surface area (Å²) in [6.07, 6.45) is 10.9. The van der Waals surface area contributed by atoms with Crippen LogP contribution in [0.1, 0.15) is 108 Å². The number of piperazine rings is 3. The summed E-state index contributed by atoms with van der Waals surface area (Å²) < 4.78 is 62.5. The lowest BCUT2D eigenvalue weighted by atomic mass is 9.92. The smallest absolute Gasteiger partial charge is 0.318 e. The number of hydrogen-bond donors (Lipinski definition) is 0. The summed E-state index contributed by atoms with van der Waals surface area (Å²) in [6, 6.07) is 39.4. The Morgan fingerprint density at radius 2 is 0.882 bits per heavy atom. The monoisotopic (exact) mass is 1900 g/mol. The number of alkyl halides is 2. The van der Waals surface area contributed by atoms with Crippen molar-refractivity contribution in [2.75, 3.05) is 195 Å². The topological polar surface area (TPSA) is 270 Å². The van der Waals surface area contributed by atoms with E-state index in [0.717, 1.165) is 139 Å². The van der Waals surface area contributed by atoms with Gasteiger partial charge >= 0.3 is 18.0 Å². The zero-order valence-electron chi connectivity index (χ0n) is 77.0. The molecule has 9 atom stereocenters. The fourth-order valence-electron chi connectivity index (χ4n) is 22.3. The number of nitriles is 3. The molecule has 0 N–H and O–H groups in total. The third-order valence-electron chi connectivity index (χ3n) is 29.6. The van der Waals surface area contributed by atoms with Crippen LogP contribution in [0.2, 0.25) is 15.1 Å². The number of halogens is 6. The first-order valence-electron chi connectivity index (χ1n) is 47.5. The number of carbonyl (C=O) groups is 3. The van der Waals surface area contributed by atoms with E-state index in [4.69, 9.17) is 78.9 Å². The maximum absolute atomic E-state index is 14.5. The number of rotatable bonds is 26. The second kappa shape index (κ2) is 40.8. The molecule has 34 heteroatoms. The SMILES string of the molecule is C=C(F)C(=O)N1CCN(c2nc(OC[C@@H]3CC(c4cc(N5CCc6c(nc(OC[C@@H]7CC(c8cc(N9CCc%10c(nc(OC[C@@H]%11CCCN%11C)nc%10N%10CCN(C(=O)/C=C/CN%11CCC(F)C%11)[C@@H](CC#N)C%10)C9)c9c(Cl)cccc9c8)CN7C)nc6N6CCN(C(=O)/C=C/CF)[C@@H](CC#N)C6)C5)c5c(Cl)cccc5c4)CN3C)nc3c2CCN(c2cccc4cccc(Cl)c24)C3)C[C@@H]1CC#N. The van der Waals surface area contributed by atoms with E-state index in [1.165, 1.54) is 17.1 Å². The van der Waals surface area contributed by atoms with E-state index in [0.29, 0.717) is 164 Å². The second-order valence-corrected chi connectivity index (χ2v) is 39.1. The molecule has 6 aromatic carbocycles. The Morgan fingerprint density at radius 3 is 1.31 bits per heavy atom. The molecule has 28 nitrogen and oxygen atoms in total. The maximum Gasteiger partial charge on any atom is 0.318 e. The van der Waals surface area contributed by atoms with Crippen molar-refractivity contribution >= 4 is 119 Å². The minimum atomic E-state index is -1.07. The largest absolute Gasteiger partial charge is 0.462 e. The molecule has 10 aliphatic heterocycles. The number of nitrogens with zero attached hydrogens (tertiary/aromatic N) is 22. The van der Waals surface area contributed by atoms with Crippen molar-refractivity contribution in [1.29, 1.82) is 15.8 Å². The van der Waals surface area contributed by atoms with Gasteiger partial charge in [0, 0.05) is 191 Å². The highest BCUT2D eigenvalue weighted by atomic mass is 35.5. The Kier molecular flexibility index (Phi) is 28.0. The number of aromatic nitrogens is 6. The molecule has 9 aromatic rings. The van der Waals surface area contributed by atoms with Crippen molar-refractivity contribution in [2.24, 2.45) is 0 Å². The molecule has 19 rings (SSSR count). The average molecular weight is 1910 g/mol. The van der Waals surface area contributed by atoms with Gasteiger partial charge in [0.2, 0.25) is 11.8 Å². The highest BCUT2D eigenvalue weighted by Crippen LogP contribution is 2.47. The second-order valence-electron chi connectivity index (χ2n) is 37.9. The minimum Gasteiger partial charge on any atom is -0.462 e. The molecule has 0 radical (unpaired) electrons. The fourth-order valence-corrected chi connectivity index (χ4v) is 23.2. The summed E-state index contributed by atoms with van der Waals surface area (Å²) in [7, 11) is 6.37. The number of benzene rings is 6. The van der Waals surface area contributed by atoms with Gasteiger partial charge in [-0.1, -0.05) is 108 Å². The van der Waals surface area contributed by atoms with Gasteiger partial charge in [0.05, 0.1) is 107 Å². The van der Waals surface area contributed by atoms with E-state index in [9.17, 15) is 43.3 Å². The molecule has 0 spiro atoms. The standard InChI is InChI=1S/C102H112Cl3F3N22O6/c1-64(107)99(133)130-45-42-127(57-75(130)25-33-111)98-79-27-37-122(88-20-8-13-65-12-5-17-82(103)93(65)88)58-85(79)112-101(117-98)135-62-77-48-70(52-119(77)3)69-47-67-15-7-19-84(105)95(67)90(51-69)124-39-29-81-87(60-124)114-102(116-97(81)125-40-43-128(73(55-125)23-31-109)91(131)21-9-30-106)136-63-78-49-71(53-120(78)4)68-46-66-14-6-18-83(104)94(66)89(50-68)123-38-28-80-86(59-123)113-100(134-61-76-16-10-34-118(76)2)115-96(80)126-41-44-129(74(56-126)24-32-110)92(132)22-11-35-121-36-26-72(108)54-121/h5-9,11-15,17-22,46-47,50-51,70-78H,1,10,16,23-30,34-45,48-49,52-63H2,2-4H3/b21-9+,22-11+/t70?,71?,72?,73-,74-,75-,76-,77-,78-/m0/s1. The third kappa shape index (κ3) is 19.5. The summed E-state index contributed by atoms with van der Waals surface area (Å²) in [6.45, 7) is 13.4. The van der Waals surface area contributed by atoms with E-state index in [-0.39, 0.29) is 112 Å². The van der Waals surface area contributed by atoms with Crippen LogP contribution < -0.4 is 43.6 Å². The molecule has 0 saturated carbocycles. The summed E-state index contributed by atoms with van der Waals surface area (Å²) >= 11 is 21.7. The van der Waals surface area contributed by atoms with Gasteiger partial charge in [-0.25, -0.2) is 13.2 Å². The van der Waals surface area contributed by atoms with Crippen molar-refractivity contribution in [2.45, 2.75) is 145 Å². The van der Waals surface area contributed by atoms with E-state index >= 15 is 0 Å². The molecule has 136 heavy (non-hydrogen) atoms. The predicted molar refractivity (Wildman–Crippen MR) is 521 cm³/mol. The van der Waals surface area contributed by atoms with Crippen molar-refractivity contribution in [3.8, 4) is 36.2 Å². The van der Waals surface area contributed by atoms with Gasteiger partial charge in [-0.2, -0.15) is 45.7 Å². The van der Waals surface area contributed by atoms with Crippen molar-refractivity contribution < 1.29 is 41.8 Å². The van der Waals surface area contributed by atoms with Crippen LogP contribution in [-0.4, -0.2) is 290 Å². The lowest BCUT2D eigenvalue weighted by Crippen LogP contribution is -2.55. The van der Waals surface area contributed by atoms with E-state index in [2.05, 4.69) is 145 Å². The molecule has 7 fully saturated rings. The van der Waals surface area contributed by atoms with Crippen LogP contribution in [0.25, 0.3) is 32.3 Å². The third-order valence-corrected chi connectivity index (χ3v) is 30.5. The molecular weight excluding hydrogens is 1790 g/mol. The summed E-state index contributed by atoms with van der Waals surface area (Å²) in [5.74, 6) is -0.197. The zero-order chi connectivity index (χ0) is 94.1. The molecule has 0 aliphatic carbocycles. The van der Waals surface area contributed by atoms with E-state index in [1.807, 2.05) is 53.4 Å². The molecule has 13 heterocycles. The van der Waals surface area contributed by atoms with Crippen LogP contribution >= 0.6 is 34.8 Å². The molecule has 7 saturated heterocycles. The summed E-state index contributed by atoms with van der Waals surface area (Å²) in [4.78, 5) is 99.5. The Balaban J connectivity index is 0.581. The number of hydrogen-bond acceptors (Lipinski definition) is 25. The van der Waals surface area contributed by atoms with Crippen molar-refractivity contribution in [3.05, 3.63) is 194 Å². The molecular formula is C102H112Cl3F3N22O6. The van der Waals surface area contributed by atoms with Crippen LogP contribution in [0.5, 0.6) is 18.0 Å². The molecule has 0 bridgehead atoms. The molecule has 708 valence electrons. The lowest BCUT2D eigenvalue weighted by Gasteiger charge is -2.42. The Morgan fingerprint density at radius 1 is 0.463 bits per heavy atom. The minimum absolute atomic E-state index is 0.0114. The van der Waals surface area contributed by atoms with Crippen LogP contribution in [0, 0.1) is 34.0 Å². The molecule has 3 unspecified atom stereocenters. The van der Waals surface area contributed by atoms with Gasteiger partial charge in [0.1, 0.15) is 50.1 Å². The zero-order valence-corrected chi connectivity index (χ0v) is 79.2. The van der Waals surface area contributed by atoms with Crippen LogP contribution in [-0.2, 0) is 53.3 Å². The number of amides is 3. The van der Waals surface area contributed by atoms with Gasteiger partial charge in [0.15, 0.2) is 5.83 Å². The predicted octanol–water partition coefficient (Wildman–Crippen LogP) is 13.8. The first-order chi connectivity index (χ1) is 66.1. The van der Waals surface area contributed by atoms with Gasteiger partial charge < -0.3 is 63.2 Å². The van der Waals surface area contributed by atoms with Crippen LogP contribution in [0.4, 0.5) is 47.7 Å². The number of fused-ring (bicyclic) bond motifs is 6. The number of carbonyl (C=O) groups excluding carboxylic acids is 3. The number of likely N-dealkylation sites (N-methyl/N-ethyl adjacent to an activating group) is 3. The van der Waals surface area contributed by atoms with Gasteiger partial charge in [-0.05, 0) is 161 Å². The first kappa shape index (κ1) is 93.2. The van der Waals surface area contributed by atoms with Gasteiger partial charge in [0.25, 0.3) is 5.91 Å². The highest BCUT2D eigenvalue weighted by Gasteiger charge is 2.42.